The summed E-state index contributed by atoms with van der Waals surface area (Å²) in [6.45, 7) is 5.13. The van der Waals surface area contributed by atoms with Gasteiger partial charge in [-0.05, 0) is 35.8 Å². The van der Waals surface area contributed by atoms with Crippen molar-refractivity contribution in [3.8, 4) is 0 Å². The Morgan fingerprint density at radius 1 is 1.07 bits per heavy atom. The number of hydrogen-bond acceptors (Lipinski definition) is 4. The molecular weight excluding hydrogens is 387 g/mol. The van der Waals surface area contributed by atoms with Gasteiger partial charge in [0.15, 0.2) is 0 Å². The van der Waals surface area contributed by atoms with Gasteiger partial charge in [-0.3, -0.25) is 9.69 Å². The number of rotatable bonds is 6. The Hall–Kier alpha value is -2.15. The Labute approximate surface area is 175 Å². The summed E-state index contributed by atoms with van der Waals surface area (Å²) in [6, 6.07) is 16.5. The summed E-state index contributed by atoms with van der Waals surface area (Å²) in [7, 11) is 0. The predicted molar refractivity (Wildman–Crippen MR) is 115 cm³/mol. The van der Waals surface area contributed by atoms with E-state index in [0.29, 0.717) is 17.0 Å². The van der Waals surface area contributed by atoms with E-state index in [1.54, 1.807) is 23.9 Å². The molecule has 0 aliphatic carbocycles. The molecule has 2 aromatic rings. The van der Waals surface area contributed by atoms with Crippen molar-refractivity contribution in [2.24, 2.45) is 0 Å². The molecule has 2 aliphatic rings. The van der Waals surface area contributed by atoms with Crippen LogP contribution in [0.15, 0.2) is 59.5 Å². The lowest BCUT2D eigenvalue weighted by Crippen LogP contribution is -2.38. The molecule has 4 nitrogen and oxygen atoms in total. The summed E-state index contributed by atoms with van der Waals surface area (Å²) in [6.07, 6.45) is 2.72. The fourth-order valence-electron chi connectivity index (χ4n) is 3.70. The van der Waals surface area contributed by atoms with Gasteiger partial charge in [-0.1, -0.05) is 54.2 Å². The predicted octanol–water partition coefficient (Wildman–Crippen LogP) is 4.16. The van der Waals surface area contributed by atoms with Gasteiger partial charge in [0.2, 0.25) is 0 Å². The number of benzene rings is 2. The van der Waals surface area contributed by atoms with E-state index in [4.69, 9.17) is 4.74 Å². The fourth-order valence-corrected chi connectivity index (χ4v) is 4.98. The van der Waals surface area contributed by atoms with Gasteiger partial charge in [0, 0.05) is 26.2 Å². The average Bonchev–Trinajstić information content (AvgIpc) is 3.05. The molecule has 4 rings (SSSR count). The van der Waals surface area contributed by atoms with Gasteiger partial charge >= 0.3 is 0 Å². The third-order valence-electron chi connectivity index (χ3n) is 5.20. The van der Waals surface area contributed by atoms with Crippen molar-refractivity contribution >= 4 is 23.7 Å². The van der Waals surface area contributed by atoms with Gasteiger partial charge in [-0.2, -0.15) is 0 Å². The lowest BCUT2D eigenvalue weighted by molar-refractivity contribution is -0.126. The zero-order valence-corrected chi connectivity index (χ0v) is 17.1. The molecule has 1 unspecified atom stereocenters. The highest BCUT2D eigenvalue weighted by atomic mass is 32.2. The molecule has 1 amide bonds. The van der Waals surface area contributed by atoms with Gasteiger partial charge in [-0.15, -0.1) is 0 Å². The van der Waals surface area contributed by atoms with Crippen LogP contribution in [0.1, 0.15) is 22.9 Å². The first-order chi connectivity index (χ1) is 14.2. The first kappa shape index (κ1) is 20.1. The summed E-state index contributed by atoms with van der Waals surface area (Å²) in [5.74, 6) is -0.271. The van der Waals surface area contributed by atoms with Crippen LogP contribution >= 0.6 is 11.8 Å². The number of halogens is 1. The number of nitrogens with zero attached hydrogens (tertiary/aromatic N) is 2. The quantitative estimate of drug-likeness (QED) is 0.667. The van der Waals surface area contributed by atoms with E-state index in [2.05, 4.69) is 17.0 Å². The fraction of sp³-hybridized carbons (Fsp3) is 0.348. The van der Waals surface area contributed by atoms with Crippen molar-refractivity contribution in [2.75, 3.05) is 39.4 Å². The number of carbonyl (C=O) groups excluding carboxylic acids is 1. The number of amides is 1. The van der Waals surface area contributed by atoms with Crippen LogP contribution in [-0.2, 0) is 9.53 Å². The van der Waals surface area contributed by atoms with E-state index in [9.17, 15) is 9.18 Å². The molecule has 2 fully saturated rings. The molecule has 6 heteroatoms. The molecule has 152 valence electrons. The third-order valence-corrected chi connectivity index (χ3v) is 6.50. The monoisotopic (exact) mass is 412 g/mol. The normalized spacial score (nSPS) is 21.8. The third kappa shape index (κ3) is 5.07. The maximum Gasteiger partial charge on any atom is 0.261 e. The van der Waals surface area contributed by atoms with Crippen molar-refractivity contribution in [3.63, 3.8) is 0 Å². The molecule has 2 aromatic carbocycles. The Kier molecular flexibility index (Phi) is 6.64. The first-order valence-electron chi connectivity index (χ1n) is 10.0. The van der Waals surface area contributed by atoms with Crippen molar-refractivity contribution in [2.45, 2.75) is 11.8 Å². The van der Waals surface area contributed by atoms with E-state index in [1.165, 1.54) is 12.1 Å². The van der Waals surface area contributed by atoms with Gasteiger partial charge in [0.05, 0.1) is 18.1 Å². The number of ether oxygens (including phenoxy) is 1. The highest BCUT2D eigenvalue weighted by Gasteiger charge is 2.36. The van der Waals surface area contributed by atoms with Crippen LogP contribution < -0.4 is 0 Å². The minimum absolute atomic E-state index is 0.0232. The molecular formula is C23H25FN2O2S. The lowest BCUT2D eigenvalue weighted by atomic mass is 10.2. The maximum atomic E-state index is 13.6. The zero-order valence-electron chi connectivity index (χ0n) is 16.3. The van der Waals surface area contributed by atoms with E-state index in [-0.39, 0.29) is 17.1 Å². The highest BCUT2D eigenvalue weighted by Crippen LogP contribution is 2.46. The average molecular weight is 413 g/mol. The van der Waals surface area contributed by atoms with Gasteiger partial charge in [-0.25, -0.2) is 4.39 Å². The van der Waals surface area contributed by atoms with E-state index < -0.39 is 0 Å². The SMILES string of the molecule is O=C1C(=Cc2cccc(F)c2)SC(c2ccccc2)N1CCCN1CCOCC1. The van der Waals surface area contributed by atoms with Crippen LogP contribution in [0.5, 0.6) is 0 Å². The van der Waals surface area contributed by atoms with Crippen LogP contribution in [-0.4, -0.2) is 55.1 Å². The van der Waals surface area contributed by atoms with E-state index in [0.717, 1.165) is 44.8 Å². The topological polar surface area (TPSA) is 32.8 Å². The summed E-state index contributed by atoms with van der Waals surface area (Å²) in [5, 5.41) is -0.0480. The second-order valence-electron chi connectivity index (χ2n) is 7.25. The lowest BCUT2D eigenvalue weighted by Gasteiger charge is -2.28. The van der Waals surface area contributed by atoms with Crippen LogP contribution in [0.4, 0.5) is 4.39 Å². The van der Waals surface area contributed by atoms with Crippen molar-refractivity contribution in [3.05, 3.63) is 76.4 Å². The number of thioether (sulfide) groups is 1. The molecule has 1 atom stereocenters. The highest BCUT2D eigenvalue weighted by molar-refractivity contribution is 8.04. The molecule has 0 saturated carbocycles. The van der Waals surface area contributed by atoms with Gasteiger partial charge in [0.1, 0.15) is 11.2 Å². The van der Waals surface area contributed by atoms with E-state index >= 15 is 0 Å². The van der Waals surface area contributed by atoms with Gasteiger partial charge < -0.3 is 9.64 Å². The molecule has 29 heavy (non-hydrogen) atoms. The number of hydrogen-bond donors (Lipinski definition) is 0. The number of carbonyl (C=O) groups is 1. The van der Waals surface area contributed by atoms with Crippen LogP contribution in [0.3, 0.4) is 0 Å². The molecule has 2 heterocycles. The van der Waals surface area contributed by atoms with E-state index in [1.807, 2.05) is 29.2 Å². The van der Waals surface area contributed by atoms with Gasteiger partial charge in [0.25, 0.3) is 5.91 Å². The Bertz CT molecular complexity index is 868. The maximum absolute atomic E-state index is 13.6. The molecule has 0 N–H and O–H groups in total. The number of morpholine rings is 1. The molecule has 0 bridgehead atoms. The minimum Gasteiger partial charge on any atom is -0.379 e. The molecule has 2 saturated heterocycles. The standard InChI is InChI=1S/C23H25FN2O2S/c24-20-9-4-6-18(16-20)17-21-22(27)26(11-5-10-25-12-14-28-15-13-25)23(29-21)19-7-2-1-3-8-19/h1-4,6-9,16-17,23H,5,10-15H2. The first-order valence-corrected chi connectivity index (χ1v) is 10.9. The Morgan fingerprint density at radius 3 is 2.62 bits per heavy atom. The zero-order chi connectivity index (χ0) is 20.1. The van der Waals surface area contributed by atoms with Crippen molar-refractivity contribution in [1.29, 1.82) is 0 Å². The summed E-state index contributed by atoms with van der Waals surface area (Å²) in [4.78, 5) is 18.2. The molecule has 2 aliphatic heterocycles. The summed E-state index contributed by atoms with van der Waals surface area (Å²) >= 11 is 1.55. The second-order valence-corrected chi connectivity index (χ2v) is 8.37. The van der Waals surface area contributed by atoms with Crippen molar-refractivity contribution in [1.82, 2.24) is 9.80 Å². The second kappa shape index (κ2) is 9.57. The smallest absolute Gasteiger partial charge is 0.261 e. The Balaban J connectivity index is 1.50. The van der Waals surface area contributed by atoms with Crippen LogP contribution in [0.25, 0.3) is 6.08 Å². The minimum atomic E-state index is -0.295. The Morgan fingerprint density at radius 2 is 1.86 bits per heavy atom. The molecule has 0 radical (unpaired) electrons. The largest absolute Gasteiger partial charge is 0.379 e. The van der Waals surface area contributed by atoms with Crippen LogP contribution in [0, 0.1) is 5.82 Å². The summed E-state index contributed by atoms with van der Waals surface area (Å²) < 4.78 is 19.0. The van der Waals surface area contributed by atoms with Crippen molar-refractivity contribution < 1.29 is 13.9 Å². The molecule has 0 spiro atoms. The summed E-state index contributed by atoms with van der Waals surface area (Å²) in [5.41, 5.74) is 1.82. The van der Waals surface area contributed by atoms with Crippen LogP contribution in [0.2, 0.25) is 0 Å². The molecule has 0 aromatic heterocycles.